The largest absolute Gasteiger partial charge is 0.383 e. The van der Waals surface area contributed by atoms with Crippen molar-refractivity contribution in [3.05, 3.63) is 57.0 Å². The molecule has 5 nitrogen and oxygen atoms in total. The van der Waals surface area contributed by atoms with Gasteiger partial charge in [-0.25, -0.2) is 15.0 Å². The van der Waals surface area contributed by atoms with Crippen LogP contribution in [0.2, 0.25) is 5.02 Å². The predicted molar refractivity (Wildman–Crippen MR) is 96.8 cm³/mol. The van der Waals surface area contributed by atoms with Gasteiger partial charge in [0, 0.05) is 28.6 Å². The van der Waals surface area contributed by atoms with E-state index in [0.717, 1.165) is 22.1 Å². The van der Waals surface area contributed by atoms with E-state index in [-0.39, 0.29) is 0 Å². The highest BCUT2D eigenvalue weighted by atomic mass is 35.5. The standard InChI is InChI=1S/C15H14ClN5S2/c16-10-3-1-9(2-4-10)5-14-19-11(7-22-14)8-23-15-20-12(17)6-13(18)21-15/h1-4,6-7H,5,8H2,(H4,17,18,20,21). The van der Waals surface area contributed by atoms with Crippen LogP contribution in [0.1, 0.15) is 16.3 Å². The number of benzene rings is 1. The molecule has 0 radical (unpaired) electrons. The van der Waals surface area contributed by atoms with Crippen LogP contribution in [0.3, 0.4) is 0 Å². The van der Waals surface area contributed by atoms with Gasteiger partial charge in [-0.2, -0.15) is 0 Å². The zero-order chi connectivity index (χ0) is 16.2. The first-order valence-electron chi connectivity index (χ1n) is 6.79. The Morgan fingerprint density at radius 3 is 2.43 bits per heavy atom. The Morgan fingerprint density at radius 1 is 1.04 bits per heavy atom. The van der Waals surface area contributed by atoms with Crippen LogP contribution < -0.4 is 11.5 Å². The maximum atomic E-state index is 5.90. The van der Waals surface area contributed by atoms with E-state index in [1.165, 1.54) is 23.4 Å². The Bertz CT molecular complexity index is 784. The van der Waals surface area contributed by atoms with Gasteiger partial charge in [0.05, 0.1) is 10.7 Å². The molecular formula is C15H14ClN5S2. The van der Waals surface area contributed by atoms with Crippen molar-refractivity contribution in [3.63, 3.8) is 0 Å². The van der Waals surface area contributed by atoms with E-state index in [1.807, 2.05) is 29.6 Å². The monoisotopic (exact) mass is 363 g/mol. The molecule has 0 spiro atoms. The highest BCUT2D eigenvalue weighted by molar-refractivity contribution is 7.98. The molecule has 0 unspecified atom stereocenters. The number of thioether (sulfide) groups is 1. The minimum absolute atomic E-state index is 0.377. The molecule has 1 aromatic carbocycles. The first-order chi connectivity index (χ1) is 11.1. The number of thiazole rings is 1. The Kier molecular flexibility index (Phi) is 5.00. The van der Waals surface area contributed by atoms with Crippen LogP contribution in [-0.2, 0) is 12.2 Å². The Morgan fingerprint density at radius 2 is 1.74 bits per heavy atom. The van der Waals surface area contributed by atoms with Crippen LogP contribution in [0.4, 0.5) is 11.6 Å². The fraction of sp³-hybridized carbons (Fsp3) is 0.133. The Balaban J connectivity index is 1.61. The van der Waals surface area contributed by atoms with Gasteiger partial charge in [0.15, 0.2) is 5.16 Å². The van der Waals surface area contributed by atoms with Crippen LogP contribution in [-0.4, -0.2) is 15.0 Å². The van der Waals surface area contributed by atoms with Crippen molar-refractivity contribution < 1.29 is 0 Å². The molecule has 0 atom stereocenters. The van der Waals surface area contributed by atoms with Gasteiger partial charge in [-0.05, 0) is 17.7 Å². The summed E-state index contributed by atoms with van der Waals surface area (Å²) in [6.45, 7) is 0. The third-order valence-electron chi connectivity index (χ3n) is 2.96. The summed E-state index contributed by atoms with van der Waals surface area (Å²) in [5, 5.41) is 4.42. The van der Waals surface area contributed by atoms with E-state index in [2.05, 4.69) is 15.0 Å². The minimum atomic E-state index is 0.377. The maximum Gasteiger partial charge on any atom is 0.191 e. The summed E-state index contributed by atoms with van der Waals surface area (Å²) >= 11 is 9.01. The van der Waals surface area contributed by atoms with Crippen molar-refractivity contribution >= 4 is 46.3 Å². The second kappa shape index (κ2) is 7.16. The first kappa shape index (κ1) is 16.0. The zero-order valence-corrected chi connectivity index (χ0v) is 14.5. The molecule has 118 valence electrons. The quantitative estimate of drug-likeness (QED) is 0.531. The summed E-state index contributed by atoms with van der Waals surface area (Å²) < 4.78 is 0. The molecule has 0 aliphatic rings. The number of halogens is 1. The summed E-state index contributed by atoms with van der Waals surface area (Å²) in [6.07, 6.45) is 0.800. The second-order valence-corrected chi connectivity index (χ2v) is 7.15. The summed E-state index contributed by atoms with van der Waals surface area (Å²) in [5.41, 5.74) is 13.5. The molecule has 3 rings (SSSR count). The molecule has 4 N–H and O–H groups in total. The number of rotatable bonds is 5. The summed E-state index contributed by atoms with van der Waals surface area (Å²) in [4.78, 5) is 12.9. The fourth-order valence-corrected chi connectivity index (χ4v) is 3.76. The minimum Gasteiger partial charge on any atom is -0.383 e. The van der Waals surface area contributed by atoms with Gasteiger partial charge in [0.25, 0.3) is 0 Å². The Hall–Kier alpha value is -1.83. The second-order valence-electron chi connectivity index (χ2n) is 4.82. The summed E-state index contributed by atoms with van der Waals surface area (Å²) in [7, 11) is 0. The van der Waals surface area contributed by atoms with Gasteiger partial charge in [-0.15, -0.1) is 11.3 Å². The van der Waals surface area contributed by atoms with E-state index in [1.54, 1.807) is 11.3 Å². The molecule has 3 aromatic rings. The van der Waals surface area contributed by atoms with Crippen LogP contribution in [0.25, 0.3) is 0 Å². The van der Waals surface area contributed by atoms with E-state index in [0.29, 0.717) is 22.5 Å². The first-order valence-corrected chi connectivity index (χ1v) is 9.03. The van der Waals surface area contributed by atoms with Gasteiger partial charge in [0.2, 0.25) is 0 Å². The van der Waals surface area contributed by atoms with Crippen LogP contribution in [0, 0.1) is 0 Å². The molecule has 23 heavy (non-hydrogen) atoms. The molecule has 8 heteroatoms. The SMILES string of the molecule is Nc1cc(N)nc(SCc2csc(Cc3ccc(Cl)cc3)n2)n1. The molecular weight excluding hydrogens is 350 g/mol. The predicted octanol–water partition coefficient (Wildman–Crippen LogP) is 3.63. The van der Waals surface area contributed by atoms with Crippen molar-refractivity contribution in [2.75, 3.05) is 11.5 Å². The van der Waals surface area contributed by atoms with Crippen LogP contribution >= 0.6 is 34.7 Å². The van der Waals surface area contributed by atoms with Crippen LogP contribution in [0.5, 0.6) is 0 Å². The highest BCUT2D eigenvalue weighted by Gasteiger charge is 2.07. The Labute approximate surface area is 147 Å². The van der Waals surface area contributed by atoms with Gasteiger partial charge in [-0.1, -0.05) is 35.5 Å². The van der Waals surface area contributed by atoms with Gasteiger partial charge >= 0.3 is 0 Å². The van der Waals surface area contributed by atoms with E-state index in [4.69, 9.17) is 23.1 Å². The van der Waals surface area contributed by atoms with Crippen molar-refractivity contribution in [1.29, 1.82) is 0 Å². The molecule has 0 aliphatic carbocycles. The van der Waals surface area contributed by atoms with Crippen molar-refractivity contribution in [1.82, 2.24) is 15.0 Å². The number of nitrogen functional groups attached to an aromatic ring is 2. The van der Waals surface area contributed by atoms with E-state index < -0.39 is 0 Å². The average molecular weight is 364 g/mol. The zero-order valence-electron chi connectivity index (χ0n) is 12.1. The fourth-order valence-electron chi connectivity index (χ4n) is 1.94. The molecule has 0 amide bonds. The lowest BCUT2D eigenvalue weighted by atomic mass is 10.2. The van der Waals surface area contributed by atoms with Crippen LogP contribution in [0.15, 0.2) is 40.9 Å². The van der Waals surface area contributed by atoms with Crippen molar-refractivity contribution in [2.45, 2.75) is 17.3 Å². The number of hydrogen-bond donors (Lipinski definition) is 2. The molecule has 0 saturated carbocycles. The maximum absolute atomic E-state index is 5.90. The third-order valence-corrected chi connectivity index (χ3v) is 4.99. The lowest BCUT2D eigenvalue weighted by Crippen LogP contribution is -1.99. The number of hydrogen-bond acceptors (Lipinski definition) is 7. The summed E-state index contributed by atoms with van der Waals surface area (Å²) in [5.74, 6) is 1.43. The van der Waals surface area contributed by atoms with Gasteiger partial charge < -0.3 is 11.5 Å². The number of nitrogens with zero attached hydrogens (tertiary/aromatic N) is 3. The lowest BCUT2D eigenvalue weighted by Gasteiger charge is -2.01. The molecule has 2 aromatic heterocycles. The molecule has 0 saturated heterocycles. The van der Waals surface area contributed by atoms with Crippen molar-refractivity contribution in [2.24, 2.45) is 0 Å². The number of nitrogens with two attached hydrogens (primary N) is 2. The van der Waals surface area contributed by atoms with E-state index >= 15 is 0 Å². The molecule has 0 aliphatic heterocycles. The molecule has 0 fully saturated rings. The lowest BCUT2D eigenvalue weighted by molar-refractivity contribution is 0.981. The third kappa shape index (κ3) is 4.57. The van der Waals surface area contributed by atoms with Gasteiger partial charge in [0.1, 0.15) is 11.6 Å². The van der Waals surface area contributed by atoms with Crippen molar-refractivity contribution in [3.8, 4) is 0 Å². The number of anilines is 2. The molecule has 0 bridgehead atoms. The average Bonchev–Trinajstić information content (AvgIpc) is 2.94. The summed E-state index contributed by atoms with van der Waals surface area (Å²) in [6, 6.07) is 9.35. The number of aromatic nitrogens is 3. The topological polar surface area (TPSA) is 90.7 Å². The molecule has 2 heterocycles. The van der Waals surface area contributed by atoms with E-state index in [9.17, 15) is 0 Å². The smallest absolute Gasteiger partial charge is 0.191 e. The normalized spacial score (nSPS) is 10.8. The highest BCUT2D eigenvalue weighted by Crippen LogP contribution is 2.23. The van der Waals surface area contributed by atoms with Gasteiger partial charge in [-0.3, -0.25) is 0 Å².